The van der Waals surface area contributed by atoms with Crippen molar-refractivity contribution in [2.24, 2.45) is 7.05 Å². The lowest BCUT2D eigenvalue weighted by Crippen LogP contribution is -2.01. The van der Waals surface area contributed by atoms with E-state index in [0.29, 0.717) is 11.3 Å². The first kappa shape index (κ1) is 12.0. The Balaban J connectivity index is 2.34. The summed E-state index contributed by atoms with van der Waals surface area (Å²) in [7, 11) is 1.84. The van der Waals surface area contributed by atoms with E-state index in [0.717, 1.165) is 23.6 Å². The molecule has 5 nitrogen and oxygen atoms in total. The van der Waals surface area contributed by atoms with Crippen molar-refractivity contribution in [2.45, 2.75) is 13.3 Å². The van der Waals surface area contributed by atoms with Gasteiger partial charge in [0, 0.05) is 12.7 Å². The van der Waals surface area contributed by atoms with Gasteiger partial charge in [-0.25, -0.2) is 0 Å². The molecule has 0 atom stereocenters. The van der Waals surface area contributed by atoms with Gasteiger partial charge in [0.25, 0.3) is 0 Å². The first-order valence-corrected chi connectivity index (χ1v) is 5.74. The van der Waals surface area contributed by atoms with E-state index in [9.17, 15) is 0 Å². The van der Waals surface area contributed by atoms with Gasteiger partial charge >= 0.3 is 0 Å². The van der Waals surface area contributed by atoms with Crippen molar-refractivity contribution in [3.63, 3.8) is 0 Å². The standard InChI is InChI=1S/C13H15N5/c1-3-11-12(15)13(18(2)17-11)16-10-6-4-5-9(7-10)8-14/h4-7,16H,3,15H2,1-2H3. The van der Waals surface area contributed by atoms with Crippen LogP contribution in [0.3, 0.4) is 0 Å². The summed E-state index contributed by atoms with van der Waals surface area (Å²) in [5.41, 5.74) is 8.98. The summed E-state index contributed by atoms with van der Waals surface area (Å²) in [4.78, 5) is 0. The van der Waals surface area contributed by atoms with Crippen LogP contribution in [0.2, 0.25) is 0 Å². The molecule has 0 saturated heterocycles. The first-order chi connectivity index (χ1) is 8.65. The van der Waals surface area contributed by atoms with Gasteiger partial charge in [-0.05, 0) is 24.6 Å². The molecule has 92 valence electrons. The molecule has 3 N–H and O–H groups in total. The number of nitrogens with zero attached hydrogens (tertiary/aromatic N) is 3. The maximum Gasteiger partial charge on any atom is 0.152 e. The van der Waals surface area contributed by atoms with E-state index >= 15 is 0 Å². The lowest BCUT2D eigenvalue weighted by Gasteiger charge is -2.07. The molecule has 0 spiro atoms. The second kappa shape index (κ2) is 4.80. The lowest BCUT2D eigenvalue weighted by molar-refractivity contribution is 0.753. The number of benzene rings is 1. The molecule has 2 aromatic rings. The van der Waals surface area contributed by atoms with E-state index in [1.54, 1.807) is 16.8 Å². The molecule has 0 fully saturated rings. The Labute approximate surface area is 106 Å². The van der Waals surface area contributed by atoms with Crippen LogP contribution in [0.5, 0.6) is 0 Å². The summed E-state index contributed by atoms with van der Waals surface area (Å²) in [5, 5.41) is 16.4. The van der Waals surface area contributed by atoms with Crippen LogP contribution in [-0.2, 0) is 13.5 Å². The fourth-order valence-electron chi connectivity index (χ4n) is 1.81. The quantitative estimate of drug-likeness (QED) is 0.863. The van der Waals surface area contributed by atoms with Crippen LogP contribution in [0.15, 0.2) is 24.3 Å². The molecule has 1 heterocycles. The average Bonchev–Trinajstić information content (AvgIpc) is 2.66. The van der Waals surface area contributed by atoms with Gasteiger partial charge in [0.2, 0.25) is 0 Å². The predicted molar refractivity (Wildman–Crippen MR) is 71.4 cm³/mol. The van der Waals surface area contributed by atoms with Crippen LogP contribution in [-0.4, -0.2) is 9.78 Å². The first-order valence-electron chi connectivity index (χ1n) is 5.74. The minimum Gasteiger partial charge on any atom is -0.394 e. The molecule has 0 radical (unpaired) electrons. The second-order valence-corrected chi connectivity index (χ2v) is 4.00. The normalized spacial score (nSPS) is 10.1. The molecule has 5 heteroatoms. The van der Waals surface area contributed by atoms with Crippen molar-refractivity contribution in [1.82, 2.24) is 9.78 Å². The highest BCUT2D eigenvalue weighted by molar-refractivity contribution is 5.71. The highest BCUT2D eigenvalue weighted by atomic mass is 15.3. The zero-order valence-electron chi connectivity index (χ0n) is 10.4. The Bertz CT molecular complexity index is 606. The van der Waals surface area contributed by atoms with Gasteiger partial charge in [0.15, 0.2) is 5.82 Å². The van der Waals surface area contributed by atoms with Gasteiger partial charge in [0.1, 0.15) is 0 Å². The molecule has 18 heavy (non-hydrogen) atoms. The third kappa shape index (κ3) is 2.13. The van der Waals surface area contributed by atoms with Crippen molar-refractivity contribution < 1.29 is 0 Å². The van der Waals surface area contributed by atoms with Gasteiger partial charge in [0.05, 0.1) is 23.0 Å². The largest absolute Gasteiger partial charge is 0.394 e. The third-order valence-electron chi connectivity index (χ3n) is 2.75. The predicted octanol–water partition coefficient (Wildman–Crippen LogP) is 2.18. The maximum absolute atomic E-state index is 8.86. The maximum atomic E-state index is 8.86. The fraction of sp³-hybridized carbons (Fsp3) is 0.231. The molecular weight excluding hydrogens is 226 g/mol. The van der Waals surface area contributed by atoms with Crippen LogP contribution >= 0.6 is 0 Å². The van der Waals surface area contributed by atoms with Crippen LogP contribution in [0.4, 0.5) is 17.2 Å². The Kier molecular flexibility index (Phi) is 3.20. The molecule has 1 aromatic carbocycles. The second-order valence-electron chi connectivity index (χ2n) is 4.00. The minimum absolute atomic E-state index is 0.608. The van der Waals surface area contributed by atoms with Crippen LogP contribution in [0, 0.1) is 11.3 Å². The number of nitriles is 1. The monoisotopic (exact) mass is 241 g/mol. The van der Waals surface area contributed by atoms with Crippen molar-refractivity contribution in [3.05, 3.63) is 35.5 Å². The number of anilines is 3. The number of hydrogen-bond acceptors (Lipinski definition) is 4. The van der Waals surface area contributed by atoms with Gasteiger partial charge in [-0.15, -0.1) is 0 Å². The van der Waals surface area contributed by atoms with Crippen molar-refractivity contribution >= 4 is 17.2 Å². The summed E-state index contributed by atoms with van der Waals surface area (Å²) in [6, 6.07) is 9.36. The number of rotatable bonds is 3. The van der Waals surface area contributed by atoms with Gasteiger partial charge in [-0.2, -0.15) is 10.4 Å². The van der Waals surface area contributed by atoms with Crippen molar-refractivity contribution in [3.8, 4) is 6.07 Å². The molecular formula is C13H15N5. The van der Waals surface area contributed by atoms with Crippen LogP contribution < -0.4 is 11.1 Å². The topological polar surface area (TPSA) is 79.7 Å². The minimum atomic E-state index is 0.608. The summed E-state index contributed by atoms with van der Waals surface area (Å²) in [6.07, 6.45) is 0.791. The SMILES string of the molecule is CCc1nn(C)c(Nc2cccc(C#N)c2)c1N. The number of nitrogens with one attached hydrogen (secondary N) is 1. The van der Waals surface area contributed by atoms with E-state index < -0.39 is 0 Å². The van der Waals surface area contributed by atoms with E-state index in [1.165, 1.54) is 0 Å². The number of nitrogens with two attached hydrogens (primary N) is 1. The van der Waals surface area contributed by atoms with Crippen LogP contribution in [0.1, 0.15) is 18.2 Å². The van der Waals surface area contributed by atoms with Crippen molar-refractivity contribution in [2.75, 3.05) is 11.1 Å². The smallest absolute Gasteiger partial charge is 0.152 e. The summed E-state index contributed by atoms with van der Waals surface area (Å²) in [5.74, 6) is 0.752. The molecule has 0 aliphatic heterocycles. The van der Waals surface area contributed by atoms with E-state index in [2.05, 4.69) is 16.5 Å². The molecule has 0 aliphatic carbocycles. The highest BCUT2D eigenvalue weighted by Gasteiger charge is 2.11. The van der Waals surface area contributed by atoms with E-state index in [1.807, 2.05) is 26.1 Å². The van der Waals surface area contributed by atoms with Crippen molar-refractivity contribution in [1.29, 1.82) is 5.26 Å². The Hall–Kier alpha value is -2.48. The average molecular weight is 241 g/mol. The molecule has 0 aliphatic rings. The number of nitrogen functional groups attached to an aromatic ring is 1. The summed E-state index contributed by atoms with van der Waals surface area (Å²) < 4.78 is 1.72. The summed E-state index contributed by atoms with van der Waals surface area (Å²) >= 11 is 0. The molecule has 2 rings (SSSR count). The highest BCUT2D eigenvalue weighted by Crippen LogP contribution is 2.26. The van der Waals surface area contributed by atoms with E-state index in [-0.39, 0.29) is 0 Å². The molecule has 0 bridgehead atoms. The fourth-order valence-corrected chi connectivity index (χ4v) is 1.81. The number of hydrogen-bond donors (Lipinski definition) is 2. The molecule has 1 aromatic heterocycles. The Morgan fingerprint density at radius 2 is 2.28 bits per heavy atom. The third-order valence-corrected chi connectivity index (χ3v) is 2.75. The molecule has 0 unspecified atom stereocenters. The van der Waals surface area contributed by atoms with Gasteiger partial charge in [-0.3, -0.25) is 4.68 Å². The molecule has 0 amide bonds. The summed E-state index contributed by atoms with van der Waals surface area (Å²) in [6.45, 7) is 2.01. The van der Waals surface area contributed by atoms with Gasteiger partial charge < -0.3 is 11.1 Å². The van der Waals surface area contributed by atoms with Gasteiger partial charge in [-0.1, -0.05) is 13.0 Å². The van der Waals surface area contributed by atoms with Crippen LogP contribution in [0.25, 0.3) is 0 Å². The zero-order valence-corrected chi connectivity index (χ0v) is 10.4. The zero-order chi connectivity index (χ0) is 13.1. The lowest BCUT2D eigenvalue weighted by atomic mass is 10.2. The number of aryl methyl sites for hydroxylation is 2. The Morgan fingerprint density at radius 3 is 2.89 bits per heavy atom. The van der Waals surface area contributed by atoms with E-state index in [4.69, 9.17) is 11.0 Å². The number of aromatic nitrogens is 2. The molecule has 0 saturated carbocycles. The Morgan fingerprint density at radius 1 is 1.50 bits per heavy atom.